The summed E-state index contributed by atoms with van der Waals surface area (Å²) in [6.45, 7) is 6.64. The number of benzene rings is 1. The molecule has 0 bridgehead atoms. The van der Waals surface area contributed by atoms with Gasteiger partial charge in [-0.05, 0) is 36.5 Å². The fourth-order valence-electron chi connectivity index (χ4n) is 4.20. The maximum atomic E-state index is 12.9. The highest BCUT2D eigenvalue weighted by Gasteiger charge is 2.46. The minimum Gasteiger partial charge on any atom is -0.293 e. The Hall–Kier alpha value is -1.77. The highest BCUT2D eigenvalue weighted by atomic mass is 16.2. The van der Waals surface area contributed by atoms with E-state index in [9.17, 15) is 14.4 Å². The molecule has 0 aromatic heterocycles. The Balaban J connectivity index is 1.93. The fourth-order valence-corrected chi connectivity index (χ4v) is 4.20. The first-order valence-corrected chi connectivity index (χ1v) is 8.52. The molecule has 0 saturated heterocycles. The average Bonchev–Trinajstić information content (AvgIpc) is 2.52. The van der Waals surface area contributed by atoms with Crippen molar-refractivity contribution in [3.63, 3.8) is 0 Å². The Kier molecular flexibility index (Phi) is 3.99. The van der Waals surface area contributed by atoms with Crippen LogP contribution < -0.4 is 0 Å². The van der Waals surface area contributed by atoms with Gasteiger partial charge in [0.15, 0.2) is 5.78 Å². The van der Waals surface area contributed by atoms with E-state index in [-0.39, 0.29) is 22.7 Å². The van der Waals surface area contributed by atoms with Crippen LogP contribution in [0.3, 0.4) is 0 Å². The van der Waals surface area contributed by atoms with E-state index in [1.54, 1.807) is 24.3 Å². The summed E-state index contributed by atoms with van der Waals surface area (Å²) in [6, 6.07) is 6.73. The lowest BCUT2D eigenvalue weighted by molar-refractivity contribution is -0.119. The molecule has 0 N–H and O–H groups in total. The molecule has 0 heterocycles. The number of hydrogen-bond acceptors (Lipinski definition) is 3. The zero-order valence-electron chi connectivity index (χ0n) is 14.1. The van der Waals surface area contributed by atoms with E-state index in [1.807, 2.05) is 0 Å². The van der Waals surface area contributed by atoms with Gasteiger partial charge in [-0.15, -0.1) is 0 Å². The molecule has 1 aromatic rings. The molecule has 3 nitrogen and oxygen atoms in total. The fraction of sp³-hybridized carbons (Fsp3) is 0.550. The summed E-state index contributed by atoms with van der Waals surface area (Å²) in [5, 5.41) is 0. The molecular formula is C20H24O3. The van der Waals surface area contributed by atoms with Crippen molar-refractivity contribution in [3.05, 3.63) is 35.4 Å². The van der Waals surface area contributed by atoms with Gasteiger partial charge >= 0.3 is 0 Å². The van der Waals surface area contributed by atoms with Gasteiger partial charge in [0.05, 0.1) is 5.92 Å². The number of Topliss-reactive ketones (excluding diaryl/α,β-unsaturated/α-hetero) is 3. The normalized spacial score (nSPS) is 28.7. The number of carbonyl (C=O) groups is 3. The lowest BCUT2D eigenvalue weighted by Crippen LogP contribution is -2.43. The molecule has 2 aliphatic rings. The third kappa shape index (κ3) is 2.77. The molecule has 3 rings (SSSR count). The van der Waals surface area contributed by atoms with Gasteiger partial charge in [-0.2, -0.15) is 0 Å². The van der Waals surface area contributed by atoms with Gasteiger partial charge in [0.25, 0.3) is 0 Å². The molecule has 3 atom stereocenters. The predicted octanol–water partition coefficient (Wildman–Crippen LogP) is 4.10. The first-order chi connectivity index (χ1) is 10.8. The Morgan fingerprint density at radius 2 is 1.57 bits per heavy atom. The number of fused-ring (bicyclic) bond motifs is 1. The molecule has 0 radical (unpaired) electrons. The SMILES string of the molecule is CC(C)(C)C1CCCC(C2C(=O)C(=O)c3ccccc3C2=O)C1. The van der Waals surface area contributed by atoms with Gasteiger partial charge in [0, 0.05) is 11.1 Å². The number of carbonyl (C=O) groups excluding carboxylic acids is 3. The maximum Gasteiger partial charge on any atom is 0.230 e. The van der Waals surface area contributed by atoms with Crippen molar-refractivity contribution in [2.24, 2.45) is 23.2 Å². The lowest BCUT2D eigenvalue weighted by Gasteiger charge is -2.40. The van der Waals surface area contributed by atoms with Gasteiger partial charge in [0.2, 0.25) is 11.6 Å². The van der Waals surface area contributed by atoms with Crippen LogP contribution in [0.4, 0.5) is 0 Å². The van der Waals surface area contributed by atoms with Gasteiger partial charge in [-0.25, -0.2) is 0 Å². The summed E-state index contributed by atoms with van der Waals surface area (Å²) in [4.78, 5) is 37.8. The average molecular weight is 312 g/mol. The Bertz CT molecular complexity index is 666. The Morgan fingerprint density at radius 1 is 0.913 bits per heavy atom. The largest absolute Gasteiger partial charge is 0.293 e. The topological polar surface area (TPSA) is 51.2 Å². The molecule has 3 unspecified atom stereocenters. The zero-order chi connectivity index (χ0) is 16.8. The van der Waals surface area contributed by atoms with Crippen LogP contribution in [0.1, 0.15) is 67.2 Å². The summed E-state index contributed by atoms with van der Waals surface area (Å²) in [7, 11) is 0. The van der Waals surface area contributed by atoms with Crippen molar-refractivity contribution in [2.75, 3.05) is 0 Å². The van der Waals surface area contributed by atoms with E-state index >= 15 is 0 Å². The van der Waals surface area contributed by atoms with E-state index in [0.717, 1.165) is 25.7 Å². The maximum absolute atomic E-state index is 12.9. The van der Waals surface area contributed by atoms with Gasteiger partial charge < -0.3 is 0 Å². The lowest BCUT2D eigenvalue weighted by atomic mass is 9.63. The van der Waals surface area contributed by atoms with Crippen LogP contribution >= 0.6 is 0 Å². The first kappa shape index (κ1) is 16.1. The minimum absolute atomic E-state index is 0.00489. The molecule has 0 aliphatic heterocycles. The van der Waals surface area contributed by atoms with Crippen LogP contribution in [0.2, 0.25) is 0 Å². The Labute approximate surface area is 137 Å². The van der Waals surface area contributed by atoms with Crippen LogP contribution in [-0.4, -0.2) is 17.3 Å². The summed E-state index contributed by atoms with van der Waals surface area (Å²) in [5.74, 6) is -1.39. The van der Waals surface area contributed by atoms with Crippen LogP contribution in [-0.2, 0) is 4.79 Å². The van der Waals surface area contributed by atoms with Crippen molar-refractivity contribution >= 4 is 17.3 Å². The van der Waals surface area contributed by atoms with Crippen molar-refractivity contribution in [1.82, 2.24) is 0 Å². The molecule has 1 aromatic carbocycles. The van der Waals surface area contributed by atoms with E-state index in [4.69, 9.17) is 0 Å². The zero-order valence-corrected chi connectivity index (χ0v) is 14.1. The standard InChI is InChI=1S/C20H24O3/c1-20(2,3)13-8-6-7-12(11-13)16-17(21)14-9-4-5-10-15(14)18(22)19(16)23/h4-5,9-10,12-13,16H,6-8,11H2,1-3H3. The highest BCUT2D eigenvalue weighted by molar-refractivity contribution is 6.51. The van der Waals surface area contributed by atoms with Gasteiger partial charge in [0.1, 0.15) is 0 Å². The Morgan fingerprint density at radius 3 is 2.22 bits per heavy atom. The second-order valence-electron chi connectivity index (χ2n) is 8.07. The monoisotopic (exact) mass is 312 g/mol. The van der Waals surface area contributed by atoms with Gasteiger partial charge in [-0.1, -0.05) is 51.5 Å². The van der Waals surface area contributed by atoms with Crippen LogP contribution in [0.25, 0.3) is 0 Å². The first-order valence-electron chi connectivity index (χ1n) is 8.52. The third-order valence-electron chi connectivity index (χ3n) is 5.64. The van der Waals surface area contributed by atoms with Crippen LogP contribution in [0.5, 0.6) is 0 Å². The number of rotatable bonds is 1. The molecule has 122 valence electrons. The molecule has 1 saturated carbocycles. The van der Waals surface area contributed by atoms with Crippen molar-refractivity contribution < 1.29 is 14.4 Å². The summed E-state index contributed by atoms with van der Waals surface area (Å²) in [6.07, 6.45) is 3.89. The van der Waals surface area contributed by atoms with Gasteiger partial charge in [-0.3, -0.25) is 14.4 Å². The molecular weight excluding hydrogens is 288 g/mol. The van der Waals surface area contributed by atoms with E-state index in [1.165, 1.54) is 0 Å². The van der Waals surface area contributed by atoms with Crippen LogP contribution in [0.15, 0.2) is 24.3 Å². The quantitative estimate of drug-likeness (QED) is 0.579. The van der Waals surface area contributed by atoms with E-state index < -0.39 is 17.5 Å². The molecule has 2 aliphatic carbocycles. The molecule has 0 amide bonds. The third-order valence-corrected chi connectivity index (χ3v) is 5.64. The minimum atomic E-state index is -0.762. The summed E-state index contributed by atoms with van der Waals surface area (Å²) in [5.41, 5.74) is 0.878. The summed E-state index contributed by atoms with van der Waals surface area (Å²) >= 11 is 0. The number of ketones is 3. The van der Waals surface area contributed by atoms with Crippen molar-refractivity contribution in [1.29, 1.82) is 0 Å². The highest BCUT2D eigenvalue weighted by Crippen LogP contribution is 2.44. The second kappa shape index (κ2) is 5.70. The smallest absolute Gasteiger partial charge is 0.230 e. The van der Waals surface area contributed by atoms with E-state index in [2.05, 4.69) is 20.8 Å². The second-order valence-corrected chi connectivity index (χ2v) is 8.07. The summed E-state index contributed by atoms with van der Waals surface area (Å²) < 4.78 is 0. The van der Waals surface area contributed by atoms with Crippen molar-refractivity contribution in [2.45, 2.75) is 46.5 Å². The molecule has 0 spiro atoms. The number of hydrogen-bond donors (Lipinski definition) is 0. The predicted molar refractivity (Wildman–Crippen MR) is 88.5 cm³/mol. The molecule has 1 fully saturated rings. The van der Waals surface area contributed by atoms with Crippen LogP contribution in [0, 0.1) is 23.2 Å². The molecule has 23 heavy (non-hydrogen) atoms. The van der Waals surface area contributed by atoms with E-state index in [0.29, 0.717) is 11.5 Å². The van der Waals surface area contributed by atoms with Crippen molar-refractivity contribution in [3.8, 4) is 0 Å². The molecule has 3 heteroatoms.